The first-order chi connectivity index (χ1) is 11.0. The molecule has 1 aromatic carbocycles. The number of aromatic hydroxyl groups is 2. The van der Waals surface area contributed by atoms with Crippen LogP contribution in [-0.4, -0.2) is 38.9 Å². The third-order valence-electron chi connectivity index (χ3n) is 3.36. The van der Waals surface area contributed by atoms with Gasteiger partial charge in [-0.1, -0.05) is 18.2 Å². The van der Waals surface area contributed by atoms with Crippen LogP contribution in [0.5, 0.6) is 11.5 Å². The third kappa shape index (κ3) is 4.10. The van der Waals surface area contributed by atoms with Gasteiger partial charge in [-0.15, -0.1) is 0 Å². The second kappa shape index (κ2) is 7.46. The molecule has 1 amide bonds. The highest BCUT2D eigenvalue weighted by Gasteiger charge is 2.14. The Morgan fingerprint density at radius 1 is 1.17 bits per heavy atom. The van der Waals surface area contributed by atoms with Crippen molar-refractivity contribution < 1.29 is 20.1 Å². The lowest BCUT2D eigenvalue weighted by Crippen LogP contribution is -2.31. The highest BCUT2D eigenvalue weighted by Crippen LogP contribution is 2.22. The van der Waals surface area contributed by atoms with Crippen LogP contribution in [0.25, 0.3) is 0 Å². The summed E-state index contributed by atoms with van der Waals surface area (Å²) in [5.74, 6) is -0.772. The molecule has 4 N–H and O–H groups in total. The molecule has 0 aliphatic carbocycles. The van der Waals surface area contributed by atoms with Gasteiger partial charge in [0.1, 0.15) is 12.3 Å². The number of carbonyl (C=O) groups is 1. The van der Waals surface area contributed by atoms with Crippen LogP contribution in [0.2, 0.25) is 0 Å². The van der Waals surface area contributed by atoms with Crippen LogP contribution in [0.4, 0.5) is 0 Å². The van der Waals surface area contributed by atoms with Crippen molar-refractivity contribution in [2.24, 2.45) is 0 Å². The molecule has 0 unspecified atom stereocenters. The number of aromatic nitrogens is 1. The molecule has 0 saturated carbocycles. The summed E-state index contributed by atoms with van der Waals surface area (Å²) in [6.07, 6.45) is 1.51. The normalized spacial score (nSPS) is 10.5. The van der Waals surface area contributed by atoms with Crippen molar-refractivity contribution in [1.82, 2.24) is 9.88 Å². The molecule has 0 radical (unpaired) electrons. The minimum absolute atomic E-state index is 0.0412. The van der Waals surface area contributed by atoms with Gasteiger partial charge in [-0.05, 0) is 11.6 Å². The van der Waals surface area contributed by atoms with Crippen LogP contribution in [0.15, 0.2) is 41.3 Å². The Kier molecular flexibility index (Phi) is 5.37. The van der Waals surface area contributed by atoms with Crippen LogP contribution >= 0.6 is 0 Å². The van der Waals surface area contributed by atoms with Gasteiger partial charge in [0.25, 0.3) is 0 Å². The number of pyridine rings is 1. The number of para-hydroxylation sites is 1. The first kappa shape index (κ1) is 16.6. The lowest BCUT2D eigenvalue weighted by Gasteiger charge is -2.15. The summed E-state index contributed by atoms with van der Waals surface area (Å²) in [6.45, 7) is -0.164. The highest BCUT2D eigenvalue weighted by molar-refractivity contribution is 5.75. The Hall–Kier alpha value is -2.80. The van der Waals surface area contributed by atoms with Crippen molar-refractivity contribution in [2.45, 2.75) is 13.0 Å². The number of aliphatic hydroxyl groups excluding tert-OH is 1. The molecule has 1 aromatic heterocycles. The van der Waals surface area contributed by atoms with E-state index in [0.29, 0.717) is 5.56 Å². The summed E-state index contributed by atoms with van der Waals surface area (Å²) < 4.78 is 1.44. The molecule has 1 heterocycles. The largest absolute Gasteiger partial charge is 0.508 e. The average Bonchev–Trinajstić information content (AvgIpc) is 2.54. The third-order valence-corrected chi connectivity index (χ3v) is 3.36. The van der Waals surface area contributed by atoms with Crippen LogP contribution in [0, 0.1) is 0 Å². The van der Waals surface area contributed by atoms with E-state index >= 15 is 0 Å². The number of hydrogen-bond donors (Lipinski definition) is 4. The highest BCUT2D eigenvalue weighted by atomic mass is 16.3. The van der Waals surface area contributed by atoms with E-state index < -0.39 is 11.2 Å². The van der Waals surface area contributed by atoms with Gasteiger partial charge in [-0.2, -0.15) is 0 Å². The molecule has 0 atom stereocenters. The minimum atomic E-state index is -0.553. The molecular weight excluding hydrogens is 300 g/mol. The molecule has 7 heteroatoms. The van der Waals surface area contributed by atoms with E-state index in [1.54, 1.807) is 18.2 Å². The molecule has 23 heavy (non-hydrogen) atoms. The Morgan fingerprint density at radius 3 is 2.61 bits per heavy atom. The molecule has 0 aliphatic rings. The molecule has 7 nitrogen and oxygen atoms in total. The maximum atomic E-state index is 11.8. The number of hydrogen-bond acceptors (Lipinski definition) is 5. The fraction of sp³-hybridized carbons (Fsp3) is 0.250. The fourth-order valence-electron chi connectivity index (χ4n) is 2.18. The predicted molar refractivity (Wildman–Crippen MR) is 83.4 cm³/mol. The summed E-state index contributed by atoms with van der Waals surface area (Å²) in [4.78, 5) is 23.5. The van der Waals surface area contributed by atoms with Gasteiger partial charge in [-0.25, -0.2) is 0 Å². The SMILES string of the molecule is O=C(Cn1ccc(=O)c(O)c1Cc1ccccc1O)NCCO. The van der Waals surface area contributed by atoms with Gasteiger partial charge >= 0.3 is 0 Å². The molecule has 122 valence electrons. The first-order valence-electron chi connectivity index (χ1n) is 7.08. The summed E-state index contributed by atoms with van der Waals surface area (Å²) in [6, 6.07) is 7.74. The lowest BCUT2D eigenvalue weighted by molar-refractivity contribution is -0.121. The van der Waals surface area contributed by atoms with Crippen LogP contribution in [-0.2, 0) is 17.8 Å². The molecule has 2 aromatic rings. The summed E-state index contributed by atoms with van der Waals surface area (Å²) in [7, 11) is 0. The second-order valence-electron chi connectivity index (χ2n) is 4.98. The smallest absolute Gasteiger partial charge is 0.240 e. The van der Waals surface area contributed by atoms with Crippen molar-refractivity contribution in [1.29, 1.82) is 0 Å². The first-order valence-corrected chi connectivity index (χ1v) is 7.08. The number of benzene rings is 1. The van der Waals surface area contributed by atoms with Crippen molar-refractivity contribution >= 4 is 5.91 Å². The fourth-order valence-corrected chi connectivity index (χ4v) is 2.18. The Morgan fingerprint density at radius 2 is 1.91 bits per heavy atom. The molecule has 0 fully saturated rings. The summed E-state index contributed by atoms with van der Waals surface area (Å²) in [5, 5.41) is 31.1. The zero-order valence-corrected chi connectivity index (χ0v) is 12.4. The van der Waals surface area contributed by atoms with E-state index in [0.717, 1.165) is 0 Å². The molecule has 0 aliphatic heterocycles. The zero-order chi connectivity index (χ0) is 16.8. The number of nitrogens with one attached hydrogen (secondary N) is 1. The Bertz CT molecular complexity index is 754. The number of aliphatic hydroxyl groups is 1. The Labute approximate surface area is 132 Å². The van der Waals surface area contributed by atoms with E-state index in [2.05, 4.69) is 5.32 Å². The average molecular weight is 318 g/mol. The van der Waals surface area contributed by atoms with E-state index in [1.165, 1.54) is 22.9 Å². The van der Waals surface area contributed by atoms with Crippen LogP contribution in [0.1, 0.15) is 11.3 Å². The van der Waals surface area contributed by atoms with Crippen LogP contribution < -0.4 is 10.7 Å². The van der Waals surface area contributed by atoms with E-state index in [1.807, 2.05) is 0 Å². The number of nitrogens with zero attached hydrogens (tertiary/aromatic N) is 1. The quantitative estimate of drug-likeness (QED) is 0.597. The Balaban J connectivity index is 2.33. The molecular formula is C16H18N2O5. The van der Waals surface area contributed by atoms with E-state index in [-0.39, 0.29) is 43.5 Å². The number of phenolic OH excluding ortho intramolecular Hbond substituents is 1. The van der Waals surface area contributed by atoms with E-state index in [4.69, 9.17) is 5.11 Å². The van der Waals surface area contributed by atoms with Crippen molar-refractivity contribution in [3.05, 3.63) is 58.0 Å². The maximum absolute atomic E-state index is 11.8. The monoisotopic (exact) mass is 318 g/mol. The minimum Gasteiger partial charge on any atom is -0.508 e. The summed E-state index contributed by atoms with van der Waals surface area (Å²) in [5.41, 5.74) is 0.207. The van der Waals surface area contributed by atoms with Crippen molar-refractivity contribution in [2.75, 3.05) is 13.2 Å². The number of carbonyl (C=O) groups excluding carboxylic acids is 1. The maximum Gasteiger partial charge on any atom is 0.240 e. The predicted octanol–water partition coefficient (Wildman–Crippen LogP) is -0.0412. The van der Waals surface area contributed by atoms with Crippen LogP contribution in [0.3, 0.4) is 0 Å². The molecule has 2 rings (SSSR count). The number of phenols is 1. The van der Waals surface area contributed by atoms with Gasteiger partial charge < -0.3 is 25.2 Å². The zero-order valence-electron chi connectivity index (χ0n) is 12.4. The van der Waals surface area contributed by atoms with Gasteiger partial charge in [0.15, 0.2) is 5.75 Å². The lowest BCUT2D eigenvalue weighted by atomic mass is 10.1. The van der Waals surface area contributed by atoms with Crippen molar-refractivity contribution in [3.63, 3.8) is 0 Å². The van der Waals surface area contributed by atoms with Gasteiger partial charge in [0.05, 0.1) is 12.3 Å². The molecule has 0 bridgehead atoms. The molecule has 0 saturated heterocycles. The number of rotatable bonds is 6. The van der Waals surface area contributed by atoms with Gasteiger partial charge in [-0.3, -0.25) is 9.59 Å². The van der Waals surface area contributed by atoms with Gasteiger partial charge in [0.2, 0.25) is 11.3 Å². The van der Waals surface area contributed by atoms with E-state index in [9.17, 15) is 19.8 Å². The van der Waals surface area contributed by atoms with Gasteiger partial charge in [0, 0.05) is 25.2 Å². The second-order valence-corrected chi connectivity index (χ2v) is 4.98. The summed E-state index contributed by atoms with van der Waals surface area (Å²) >= 11 is 0. The standard InChI is InChI=1S/C16H18N2O5/c19-8-6-17-15(22)10-18-7-5-14(21)16(23)12(18)9-11-3-1-2-4-13(11)20/h1-5,7,19-20,23H,6,8-10H2,(H,17,22). The van der Waals surface area contributed by atoms with Crippen molar-refractivity contribution in [3.8, 4) is 11.5 Å². The molecule has 0 spiro atoms. The number of amides is 1. The topological polar surface area (TPSA) is 112 Å².